The summed E-state index contributed by atoms with van der Waals surface area (Å²) in [6, 6.07) is 11.2. The van der Waals surface area contributed by atoms with Crippen LogP contribution in [0.1, 0.15) is 54.1 Å². The van der Waals surface area contributed by atoms with Gasteiger partial charge in [-0.25, -0.2) is 0 Å². The second-order valence-corrected chi connectivity index (χ2v) is 8.56. The third-order valence-corrected chi connectivity index (χ3v) is 6.32. The van der Waals surface area contributed by atoms with Gasteiger partial charge in [0, 0.05) is 36.8 Å². The van der Waals surface area contributed by atoms with Crippen LogP contribution in [0.5, 0.6) is 0 Å². The molecule has 0 unspecified atom stereocenters. The third kappa shape index (κ3) is 5.64. The third-order valence-electron chi connectivity index (χ3n) is 6.32. The van der Waals surface area contributed by atoms with Crippen molar-refractivity contribution in [3.8, 4) is 0 Å². The largest absolute Gasteiger partial charge is 0.416 e. The second kappa shape index (κ2) is 9.39. The predicted molar refractivity (Wildman–Crippen MR) is 113 cm³/mol. The highest BCUT2D eigenvalue weighted by molar-refractivity contribution is 5.78. The van der Waals surface area contributed by atoms with E-state index in [4.69, 9.17) is 4.98 Å². The Morgan fingerprint density at radius 3 is 2.29 bits per heavy atom. The molecule has 7 heteroatoms. The van der Waals surface area contributed by atoms with Gasteiger partial charge in [0.2, 0.25) is 5.91 Å². The van der Waals surface area contributed by atoms with Crippen LogP contribution < -0.4 is 0 Å². The van der Waals surface area contributed by atoms with E-state index >= 15 is 0 Å². The molecule has 31 heavy (non-hydrogen) atoms. The lowest BCUT2D eigenvalue weighted by atomic mass is 9.92. The van der Waals surface area contributed by atoms with Crippen LogP contribution in [0.2, 0.25) is 0 Å². The zero-order valence-corrected chi connectivity index (χ0v) is 17.6. The van der Waals surface area contributed by atoms with Crippen molar-refractivity contribution in [1.82, 2.24) is 14.8 Å². The Labute approximate surface area is 181 Å². The van der Waals surface area contributed by atoms with Crippen LogP contribution in [-0.4, -0.2) is 53.4 Å². The molecule has 0 aliphatic carbocycles. The summed E-state index contributed by atoms with van der Waals surface area (Å²) in [5, 5.41) is 0. The Hall–Kier alpha value is -2.41. The topological polar surface area (TPSA) is 36.4 Å². The van der Waals surface area contributed by atoms with E-state index in [1.54, 1.807) is 0 Å². The number of hydrogen-bond acceptors (Lipinski definition) is 3. The molecule has 0 atom stereocenters. The number of aromatic nitrogens is 1. The van der Waals surface area contributed by atoms with Gasteiger partial charge in [0.05, 0.1) is 12.1 Å². The van der Waals surface area contributed by atoms with E-state index in [0.29, 0.717) is 18.9 Å². The highest BCUT2D eigenvalue weighted by Crippen LogP contribution is 2.30. The monoisotopic (exact) mass is 431 g/mol. The van der Waals surface area contributed by atoms with Crippen LogP contribution in [0, 0.1) is 0 Å². The van der Waals surface area contributed by atoms with E-state index < -0.39 is 11.7 Å². The fraction of sp³-hybridized carbons (Fsp3) is 0.500. The quantitative estimate of drug-likeness (QED) is 0.700. The number of benzene rings is 1. The summed E-state index contributed by atoms with van der Waals surface area (Å²) in [7, 11) is 0. The van der Waals surface area contributed by atoms with Crippen LogP contribution in [0.25, 0.3) is 0 Å². The second-order valence-electron chi connectivity index (χ2n) is 8.56. The van der Waals surface area contributed by atoms with Crippen molar-refractivity contribution in [2.45, 2.75) is 44.2 Å². The van der Waals surface area contributed by atoms with Crippen molar-refractivity contribution in [2.75, 3.05) is 32.7 Å². The maximum absolute atomic E-state index is 12.7. The molecule has 4 nitrogen and oxygen atoms in total. The molecular weight excluding hydrogens is 403 g/mol. The minimum absolute atomic E-state index is 0.243. The van der Waals surface area contributed by atoms with E-state index in [1.807, 2.05) is 23.1 Å². The maximum atomic E-state index is 12.7. The van der Waals surface area contributed by atoms with Gasteiger partial charge in [0.25, 0.3) is 0 Å². The number of carbonyl (C=O) groups is 1. The normalized spacial score (nSPS) is 18.5. The molecule has 166 valence electrons. The number of rotatable bonds is 5. The Morgan fingerprint density at radius 1 is 0.968 bits per heavy atom. The number of carbonyl (C=O) groups excluding carboxylic acids is 1. The molecule has 1 aromatic heterocycles. The summed E-state index contributed by atoms with van der Waals surface area (Å²) in [4.78, 5) is 21.4. The van der Waals surface area contributed by atoms with Crippen LogP contribution in [0.15, 0.2) is 42.5 Å². The van der Waals surface area contributed by atoms with Crippen LogP contribution in [0.3, 0.4) is 0 Å². The maximum Gasteiger partial charge on any atom is 0.416 e. The van der Waals surface area contributed by atoms with Gasteiger partial charge in [0.15, 0.2) is 0 Å². The summed E-state index contributed by atoms with van der Waals surface area (Å²) in [5.74, 6) is 0.596. The van der Waals surface area contributed by atoms with E-state index in [0.717, 1.165) is 80.9 Å². The van der Waals surface area contributed by atoms with Crippen molar-refractivity contribution in [2.24, 2.45) is 0 Å². The van der Waals surface area contributed by atoms with Gasteiger partial charge in [-0.2, -0.15) is 13.2 Å². The summed E-state index contributed by atoms with van der Waals surface area (Å²) in [6.07, 6.45) is 0.346. The van der Waals surface area contributed by atoms with Crippen molar-refractivity contribution >= 4 is 5.91 Å². The molecule has 2 aromatic rings. The fourth-order valence-electron chi connectivity index (χ4n) is 4.49. The molecular formula is C24H28F3N3O. The van der Waals surface area contributed by atoms with Crippen LogP contribution in [0.4, 0.5) is 13.2 Å². The van der Waals surface area contributed by atoms with Crippen molar-refractivity contribution in [3.05, 3.63) is 65.0 Å². The van der Waals surface area contributed by atoms with Crippen molar-refractivity contribution in [1.29, 1.82) is 0 Å². The van der Waals surface area contributed by atoms with Gasteiger partial charge in [-0.05, 0) is 68.6 Å². The molecule has 0 saturated carbocycles. The summed E-state index contributed by atoms with van der Waals surface area (Å²) in [6.45, 7) is 4.06. The van der Waals surface area contributed by atoms with Gasteiger partial charge in [-0.15, -0.1) is 0 Å². The highest BCUT2D eigenvalue weighted by atomic mass is 19.4. The molecule has 1 amide bonds. The van der Waals surface area contributed by atoms with Gasteiger partial charge < -0.3 is 4.90 Å². The Kier molecular flexibility index (Phi) is 6.60. The molecule has 3 heterocycles. The predicted octanol–water partition coefficient (Wildman–Crippen LogP) is 4.49. The lowest BCUT2D eigenvalue weighted by Crippen LogP contribution is -2.42. The molecule has 4 rings (SSSR count). The number of pyridine rings is 1. The van der Waals surface area contributed by atoms with Gasteiger partial charge in [-0.1, -0.05) is 18.2 Å². The van der Waals surface area contributed by atoms with E-state index in [9.17, 15) is 18.0 Å². The van der Waals surface area contributed by atoms with E-state index in [1.165, 1.54) is 12.1 Å². The Balaban J connectivity index is 1.32. The Bertz CT molecular complexity index is 884. The Morgan fingerprint density at radius 2 is 1.65 bits per heavy atom. The molecule has 0 bridgehead atoms. The zero-order valence-electron chi connectivity index (χ0n) is 17.6. The molecule has 0 spiro atoms. The molecule has 2 aliphatic heterocycles. The molecule has 1 aromatic carbocycles. The van der Waals surface area contributed by atoms with E-state index in [2.05, 4.69) is 4.90 Å². The molecule has 2 aliphatic rings. The average molecular weight is 432 g/mol. The minimum atomic E-state index is -4.31. The number of amides is 1. The standard InChI is InChI=1S/C24H28F3N3O/c25-24(26,27)20-8-6-18(7-9-20)16-21-4-3-5-22(28-21)19-10-14-29(15-11-19)17-23(31)30-12-1-2-13-30/h3-9,19H,1-2,10-17H2. The minimum Gasteiger partial charge on any atom is -0.342 e. The highest BCUT2D eigenvalue weighted by Gasteiger charge is 2.30. The first-order valence-electron chi connectivity index (χ1n) is 11.0. The molecule has 0 N–H and O–H groups in total. The fourth-order valence-corrected chi connectivity index (χ4v) is 4.49. The van der Waals surface area contributed by atoms with Crippen molar-refractivity contribution in [3.63, 3.8) is 0 Å². The smallest absolute Gasteiger partial charge is 0.342 e. The number of piperidine rings is 1. The van der Waals surface area contributed by atoms with Crippen molar-refractivity contribution < 1.29 is 18.0 Å². The van der Waals surface area contributed by atoms with Gasteiger partial charge in [0.1, 0.15) is 0 Å². The molecule has 2 fully saturated rings. The first-order valence-corrected chi connectivity index (χ1v) is 11.0. The van der Waals surface area contributed by atoms with Gasteiger partial charge >= 0.3 is 6.18 Å². The van der Waals surface area contributed by atoms with Gasteiger partial charge in [-0.3, -0.25) is 14.7 Å². The summed E-state index contributed by atoms with van der Waals surface area (Å²) >= 11 is 0. The first kappa shape index (κ1) is 21.8. The summed E-state index contributed by atoms with van der Waals surface area (Å²) < 4.78 is 38.2. The number of alkyl halides is 3. The van der Waals surface area contributed by atoms with Crippen LogP contribution >= 0.6 is 0 Å². The molecule has 2 saturated heterocycles. The van der Waals surface area contributed by atoms with Crippen LogP contribution in [-0.2, 0) is 17.4 Å². The number of halogens is 3. The number of nitrogens with zero attached hydrogens (tertiary/aromatic N) is 3. The molecule has 0 radical (unpaired) electrons. The number of likely N-dealkylation sites (tertiary alicyclic amines) is 2. The summed E-state index contributed by atoms with van der Waals surface area (Å²) in [5.41, 5.74) is 2.08. The SMILES string of the molecule is O=C(CN1CCC(c2cccc(Cc3ccc(C(F)(F)F)cc3)n2)CC1)N1CCCC1. The zero-order chi connectivity index (χ0) is 21.8. The van der Waals surface area contributed by atoms with E-state index in [-0.39, 0.29) is 5.91 Å². The lowest BCUT2D eigenvalue weighted by Gasteiger charge is -2.32. The first-order chi connectivity index (χ1) is 14.9. The number of hydrogen-bond donors (Lipinski definition) is 0. The average Bonchev–Trinajstić information content (AvgIpc) is 3.29. The lowest BCUT2D eigenvalue weighted by molar-refractivity contribution is -0.137.